The molecule has 146 valence electrons. The molecule has 0 unspecified atom stereocenters. The Morgan fingerprint density at radius 3 is 2.25 bits per heavy atom. The van der Waals surface area contributed by atoms with Crippen LogP contribution >= 0.6 is 0 Å². The highest BCUT2D eigenvalue weighted by Crippen LogP contribution is 2.29. The summed E-state index contributed by atoms with van der Waals surface area (Å²) in [4.78, 5) is 13.2. The lowest BCUT2D eigenvalue weighted by Crippen LogP contribution is -2.37. The van der Waals surface area contributed by atoms with Gasteiger partial charge in [-0.2, -0.15) is 9.40 Å². The first-order valence-corrected chi connectivity index (χ1v) is 10.4. The van der Waals surface area contributed by atoms with Crippen molar-refractivity contribution in [2.75, 3.05) is 10.6 Å². The molecule has 0 spiro atoms. The molecule has 0 fully saturated rings. The van der Waals surface area contributed by atoms with Gasteiger partial charge < -0.3 is 4.74 Å². The van der Waals surface area contributed by atoms with E-state index in [-0.39, 0.29) is 11.3 Å². The second-order valence-corrected chi connectivity index (χ2v) is 8.25. The zero-order valence-electron chi connectivity index (χ0n) is 16.1. The lowest BCUT2D eigenvalue weighted by Gasteiger charge is -2.21. The maximum atomic E-state index is 13.2. The molecule has 0 aliphatic heterocycles. The van der Waals surface area contributed by atoms with Crippen molar-refractivity contribution < 1.29 is 17.9 Å². The van der Waals surface area contributed by atoms with Gasteiger partial charge >= 0.3 is 0 Å². The van der Waals surface area contributed by atoms with E-state index >= 15 is 0 Å². The van der Waals surface area contributed by atoms with Crippen LogP contribution in [0.5, 0.6) is 11.5 Å². The van der Waals surface area contributed by atoms with Gasteiger partial charge in [0.15, 0.2) is 0 Å². The highest BCUT2D eigenvalue weighted by molar-refractivity contribution is 7.92. The predicted molar refractivity (Wildman–Crippen MR) is 107 cm³/mol. The summed E-state index contributed by atoms with van der Waals surface area (Å²) >= 11 is 0. The summed E-state index contributed by atoms with van der Waals surface area (Å²) < 4.78 is 33.0. The van der Waals surface area contributed by atoms with Gasteiger partial charge in [0.1, 0.15) is 17.2 Å². The molecule has 0 aliphatic rings. The van der Waals surface area contributed by atoms with Crippen molar-refractivity contribution in [2.24, 2.45) is 7.05 Å². The molecule has 28 heavy (non-hydrogen) atoms. The molecule has 8 heteroatoms. The number of hydrogen-bond donors (Lipinski definition) is 0. The Morgan fingerprint density at radius 1 is 1.04 bits per heavy atom. The maximum absolute atomic E-state index is 13.2. The summed E-state index contributed by atoms with van der Waals surface area (Å²) in [5, 5.41) is 4.23. The molecule has 1 aromatic heterocycles. The Bertz CT molecular complexity index is 1120. The monoisotopic (exact) mass is 399 g/mol. The molecule has 0 saturated carbocycles. The lowest BCUT2D eigenvalue weighted by molar-refractivity contribution is 0.100. The van der Waals surface area contributed by atoms with Crippen LogP contribution in [0.4, 0.5) is 5.69 Å². The van der Waals surface area contributed by atoms with Gasteiger partial charge in [0.05, 0.1) is 17.6 Å². The summed E-state index contributed by atoms with van der Waals surface area (Å²) in [6.45, 7) is 3.39. The van der Waals surface area contributed by atoms with Crippen molar-refractivity contribution in [3.63, 3.8) is 0 Å². The fourth-order valence-corrected chi connectivity index (χ4v) is 3.91. The van der Waals surface area contributed by atoms with E-state index in [2.05, 4.69) is 5.10 Å². The fraction of sp³-hybridized carbons (Fsp3) is 0.200. The van der Waals surface area contributed by atoms with Gasteiger partial charge in [-0.25, -0.2) is 8.42 Å². The van der Waals surface area contributed by atoms with Crippen molar-refractivity contribution in [3.05, 3.63) is 71.5 Å². The number of aromatic nitrogens is 2. The van der Waals surface area contributed by atoms with Crippen LogP contribution in [-0.4, -0.2) is 30.4 Å². The standard InChI is InChI=1S/C20H21N3O4S/c1-14-19(15(2)22(3)21-14)23(28(4,25)26)20(24)16-9-8-12-18(13-16)27-17-10-6-5-7-11-17/h5-13H,1-4H3. The van der Waals surface area contributed by atoms with Gasteiger partial charge in [-0.1, -0.05) is 24.3 Å². The van der Waals surface area contributed by atoms with Crippen LogP contribution in [0.1, 0.15) is 21.7 Å². The van der Waals surface area contributed by atoms with Crippen LogP contribution in [0, 0.1) is 13.8 Å². The van der Waals surface area contributed by atoms with E-state index in [9.17, 15) is 13.2 Å². The Morgan fingerprint density at radius 2 is 1.68 bits per heavy atom. The van der Waals surface area contributed by atoms with Crippen LogP contribution in [0.3, 0.4) is 0 Å². The third-order valence-corrected chi connectivity index (χ3v) is 5.26. The van der Waals surface area contributed by atoms with Gasteiger partial charge in [-0.15, -0.1) is 0 Å². The molecule has 3 aromatic rings. The zero-order valence-corrected chi connectivity index (χ0v) is 16.9. The molecule has 0 bridgehead atoms. The number of benzene rings is 2. The molecular formula is C20H21N3O4S. The van der Waals surface area contributed by atoms with Crippen LogP contribution in [0.15, 0.2) is 54.6 Å². The number of aryl methyl sites for hydroxylation is 2. The van der Waals surface area contributed by atoms with Crippen LogP contribution in [0.25, 0.3) is 0 Å². The second-order valence-electron chi connectivity index (χ2n) is 6.42. The first-order chi connectivity index (χ1) is 13.2. The molecule has 2 aromatic carbocycles. The van der Waals surface area contributed by atoms with Crippen molar-refractivity contribution in [1.82, 2.24) is 9.78 Å². The summed E-state index contributed by atoms with van der Waals surface area (Å²) in [6.07, 6.45) is 1.00. The third kappa shape index (κ3) is 3.91. The molecule has 1 amide bonds. The molecule has 0 saturated heterocycles. The molecular weight excluding hydrogens is 378 g/mol. The van der Waals surface area contributed by atoms with Gasteiger partial charge in [-0.05, 0) is 44.2 Å². The van der Waals surface area contributed by atoms with Gasteiger partial charge in [0, 0.05) is 12.6 Å². The number of sulfonamides is 1. The first-order valence-electron chi connectivity index (χ1n) is 8.56. The van der Waals surface area contributed by atoms with Crippen LogP contribution in [-0.2, 0) is 17.1 Å². The Kier molecular flexibility index (Phi) is 5.24. The lowest BCUT2D eigenvalue weighted by atomic mass is 10.2. The van der Waals surface area contributed by atoms with E-state index in [0.29, 0.717) is 22.9 Å². The van der Waals surface area contributed by atoms with Crippen molar-refractivity contribution in [1.29, 1.82) is 0 Å². The Labute approximate surface area is 164 Å². The number of rotatable bonds is 5. The minimum absolute atomic E-state index is 0.196. The number of carbonyl (C=O) groups is 1. The number of nitrogens with zero attached hydrogens (tertiary/aromatic N) is 3. The average molecular weight is 399 g/mol. The number of amides is 1. The normalized spacial score (nSPS) is 11.3. The highest BCUT2D eigenvalue weighted by Gasteiger charge is 2.31. The van der Waals surface area contributed by atoms with Crippen LogP contribution < -0.4 is 9.04 Å². The number of carbonyl (C=O) groups excluding carboxylic acids is 1. The number of hydrogen-bond acceptors (Lipinski definition) is 5. The minimum Gasteiger partial charge on any atom is -0.457 e. The van der Waals surface area contributed by atoms with Crippen molar-refractivity contribution in [3.8, 4) is 11.5 Å². The molecule has 0 radical (unpaired) electrons. The Hall–Kier alpha value is -3.13. The first kappa shape index (κ1) is 19.6. The summed E-state index contributed by atoms with van der Waals surface area (Å²) in [5.41, 5.74) is 1.49. The van der Waals surface area contributed by atoms with E-state index in [4.69, 9.17) is 4.74 Å². The van der Waals surface area contributed by atoms with E-state index in [1.165, 1.54) is 6.07 Å². The average Bonchev–Trinajstić information content (AvgIpc) is 2.88. The van der Waals surface area contributed by atoms with Crippen molar-refractivity contribution >= 4 is 21.6 Å². The second kappa shape index (κ2) is 7.47. The molecule has 1 heterocycles. The minimum atomic E-state index is -3.88. The molecule has 0 aliphatic carbocycles. The molecule has 7 nitrogen and oxygen atoms in total. The predicted octanol–water partition coefficient (Wildman–Crippen LogP) is 3.44. The Balaban J connectivity index is 2.02. The smallest absolute Gasteiger partial charge is 0.272 e. The number of ether oxygens (including phenoxy) is 1. The largest absolute Gasteiger partial charge is 0.457 e. The quantitative estimate of drug-likeness (QED) is 0.656. The molecule has 3 rings (SSSR count). The summed E-state index contributed by atoms with van der Waals surface area (Å²) in [6, 6.07) is 15.6. The third-order valence-electron chi connectivity index (χ3n) is 4.25. The number of anilines is 1. The topological polar surface area (TPSA) is 81.5 Å². The van der Waals surface area contributed by atoms with E-state index in [1.54, 1.807) is 55.9 Å². The van der Waals surface area contributed by atoms with Gasteiger partial charge in [-0.3, -0.25) is 9.48 Å². The summed E-state index contributed by atoms with van der Waals surface area (Å²) in [7, 11) is -2.18. The molecule has 0 atom stereocenters. The van der Waals surface area contributed by atoms with E-state index in [1.807, 2.05) is 18.2 Å². The van der Waals surface area contributed by atoms with Gasteiger partial charge in [0.2, 0.25) is 10.0 Å². The highest BCUT2D eigenvalue weighted by atomic mass is 32.2. The van der Waals surface area contributed by atoms with Crippen LogP contribution in [0.2, 0.25) is 0 Å². The fourth-order valence-electron chi connectivity index (χ4n) is 2.91. The summed E-state index contributed by atoms with van der Waals surface area (Å²) in [5.74, 6) is 0.386. The van der Waals surface area contributed by atoms with Crippen molar-refractivity contribution in [2.45, 2.75) is 13.8 Å². The van der Waals surface area contributed by atoms with Gasteiger partial charge in [0.25, 0.3) is 5.91 Å². The van der Waals surface area contributed by atoms with E-state index < -0.39 is 15.9 Å². The number of para-hydroxylation sites is 1. The maximum Gasteiger partial charge on any atom is 0.272 e. The zero-order chi connectivity index (χ0) is 20.5. The molecule has 0 N–H and O–H groups in total. The SMILES string of the molecule is Cc1nn(C)c(C)c1N(C(=O)c1cccc(Oc2ccccc2)c1)S(C)(=O)=O. The van der Waals surface area contributed by atoms with E-state index in [0.717, 1.165) is 10.6 Å².